The molecule has 1 unspecified atom stereocenters. The Labute approximate surface area is 204 Å². The van der Waals surface area contributed by atoms with E-state index in [0.717, 1.165) is 24.8 Å². The Morgan fingerprint density at radius 1 is 1.09 bits per heavy atom. The summed E-state index contributed by atoms with van der Waals surface area (Å²) in [5.74, 6) is 0.0984. The zero-order chi connectivity index (χ0) is 27.0. The van der Waals surface area contributed by atoms with E-state index in [1.807, 2.05) is 6.92 Å². The number of methoxy groups -OCH3 is 1. The molecule has 10 heteroatoms. The summed E-state index contributed by atoms with van der Waals surface area (Å²) < 4.78 is 14.4. The minimum atomic E-state index is -0.370. The van der Waals surface area contributed by atoms with E-state index in [1.165, 1.54) is 0 Å². The van der Waals surface area contributed by atoms with Gasteiger partial charge in [0.05, 0.1) is 13.2 Å². The van der Waals surface area contributed by atoms with E-state index >= 15 is 0 Å². The minimum Gasteiger partial charge on any atom is -0.483 e. The van der Waals surface area contributed by atoms with Crippen molar-refractivity contribution >= 4 is 24.9 Å². The summed E-state index contributed by atoms with van der Waals surface area (Å²) in [5, 5.41) is 12.4. The average molecular weight is 489 g/mol. The Morgan fingerprint density at radius 2 is 1.68 bits per heavy atom. The van der Waals surface area contributed by atoms with Crippen molar-refractivity contribution in [1.29, 1.82) is 0 Å². The SMILES string of the molecule is C=C(C)C(=O)OCCOC.C=C(C)CCOC(=O)NCCC(C)CC(C)(C)CNC=O.O=CO. The van der Waals surface area contributed by atoms with Crippen molar-refractivity contribution in [1.82, 2.24) is 10.6 Å². The first kappa shape index (κ1) is 35.7. The van der Waals surface area contributed by atoms with Gasteiger partial charge in [0.25, 0.3) is 6.47 Å². The molecule has 0 aromatic carbocycles. The van der Waals surface area contributed by atoms with Gasteiger partial charge >= 0.3 is 12.1 Å². The van der Waals surface area contributed by atoms with Gasteiger partial charge in [-0.2, -0.15) is 0 Å². The quantitative estimate of drug-likeness (QED) is 0.105. The van der Waals surface area contributed by atoms with Crippen LogP contribution >= 0.6 is 0 Å². The van der Waals surface area contributed by atoms with Crippen molar-refractivity contribution in [3.8, 4) is 0 Å². The maximum atomic E-state index is 11.4. The zero-order valence-electron chi connectivity index (χ0n) is 21.6. The van der Waals surface area contributed by atoms with Crippen LogP contribution in [-0.4, -0.2) is 70.1 Å². The van der Waals surface area contributed by atoms with Gasteiger partial charge in [-0.15, -0.1) is 6.58 Å². The number of nitrogens with one attached hydrogen (secondary N) is 2. The Morgan fingerprint density at radius 3 is 2.15 bits per heavy atom. The molecule has 0 aliphatic rings. The number of carbonyl (C=O) groups excluding carboxylic acids is 3. The molecular formula is C24H44N2O8. The van der Waals surface area contributed by atoms with Crippen LogP contribution in [0.4, 0.5) is 4.79 Å². The Hall–Kier alpha value is -2.88. The molecule has 0 saturated carbocycles. The molecule has 0 rings (SSSR count). The highest BCUT2D eigenvalue weighted by molar-refractivity contribution is 5.86. The van der Waals surface area contributed by atoms with Crippen LogP contribution in [0.25, 0.3) is 0 Å². The molecule has 34 heavy (non-hydrogen) atoms. The van der Waals surface area contributed by atoms with Gasteiger partial charge in [0.2, 0.25) is 6.41 Å². The second-order valence-corrected chi connectivity index (χ2v) is 8.55. The number of amides is 2. The number of esters is 1. The first-order valence-electron chi connectivity index (χ1n) is 11.0. The Kier molecular flexibility index (Phi) is 24.5. The zero-order valence-corrected chi connectivity index (χ0v) is 21.6. The first-order valence-corrected chi connectivity index (χ1v) is 11.0. The molecule has 0 heterocycles. The maximum Gasteiger partial charge on any atom is 0.407 e. The molecule has 1 atom stereocenters. The number of rotatable bonds is 15. The van der Waals surface area contributed by atoms with E-state index in [0.29, 0.717) is 50.8 Å². The van der Waals surface area contributed by atoms with E-state index in [9.17, 15) is 14.4 Å². The fraction of sp³-hybridized carbons (Fsp3) is 0.667. The fourth-order valence-corrected chi connectivity index (χ4v) is 2.57. The third kappa shape index (κ3) is 29.1. The monoisotopic (exact) mass is 488 g/mol. The highest BCUT2D eigenvalue weighted by Gasteiger charge is 2.20. The summed E-state index contributed by atoms with van der Waals surface area (Å²) in [7, 11) is 1.55. The highest BCUT2D eigenvalue weighted by atomic mass is 16.6. The summed E-state index contributed by atoms with van der Waals surface area (Å²) in [6.45, 7) is 19.2. The topological polar surface area (TPSA) is 140 Å². The summed E-state index contributed by atoms with van der Waals surface area (Å²) in [6.07, 6.45) is 2.93. The fourth-order valence-electron chi connectivity index (χ4n) is 2.57. The summed E-state index contributed by atoms with van der Waals surface area (Å²) in [5.41, 5.74) is 1.47. The normalized spacial score (nSPS) is 10.6. The van der Waals surface area contributed by atoms with Crippen molar-refractivity contribution < 1.29 is 38.5 Å². The van der Waals surface area contributed by atoms with Crippen LogP contribution in [0.3, 0.4) is 0 Å². The van der Waals surface area contributed by atoms with E-state index < -0.39 is 0 Å². The van der Waals surface area contributed by atoms with Gasteiger partial charge in [-0.1, -0.05) is 32.9 Å². The molecule has 0 fully saturated rings. The molecule has 0 spiro atoms. The molecule has 0 aliphatic heterocycles. The van der Waals surface area contributed by atoms with Gasteiger partial charge in [0.15, 0.2) is 0 Å². The van der Waals surface area contributed by atoms with Crippen LogP contribution < -0.4 is 10.6 Å². The lowest BCUT2D eigenvalue weighted by Crippen LogP contribution is -2.31. The van der Waals surface area contributed by atoms with Crippen molar-refractivity contribution in [3.05, 3.63) is 24.3 Å². The molecular weight excluding hydrogens is 444 g/mol. The summed E-state index contributed by atoms with van der Waals surface area (Å²) >= 11 is 0. The Bertz CT molecular complexity index is 606. The smallest absolute Gasteiger partial charge is 0.407 e. The molecule has 2 amide bonds. The van der Waals surface area contributed by atoms with Gasteiger partial charge < -0.3 is 30.0 Å². The van der Waals surface area contributed by atoms with Crippen molar-refractivity contribution in [2.45, 2.75) is 53.9 Å². The number of carbonyl (C=O) groups is 4. The van der Waals surface area contributed by atoms with Crippen LogP contribution in [0.1, 0.15) is 53.9 Å². The van der Waals surface area contributed by atoms with Crippen molar-refractivity contribution in [2.75, 3.05) is 40.0 Å². The van der Waals surface area contributed by atoms with Crippen LogP contribution in [-0.2, 0) is 28.6 Å². The number of alkyl carbamates (subject to hydrolysis) is 1. The molecule has 0 aliphatic carbocycles. The van der Waals surface area contributed by atoms with Crippen LogP contribution in [0.15, 0.2) is 24.3 Å². The van der Waals surface area contributed by atoms with Gasteiger partial charge in [-0.3, -0.25) is 9.59 Å². The second-order valence-electron chi connectivity index (χ2n) is 8.55. The van der Waals surface area contributed by atoms with Gasteiger partial charge in [0, 0.05) is 32.2 Å². The largest absolute Gasteiger partial charge is 0.483 e. The second kappa shape index (κ2) is 23.3. The summed E-state index contributed by atoms with van der Waals surface area (Å²) in [6, 6.07) is 0. The highest BCUT2D eigenvalue weighted by Crippen LogP contribution is 2.25. The van der Waals surface area contributed by atoms with E-state index in [-0.39, 0.29) is 23.9 Å². The standard InChI is InChI=1S/C16H30N2O3.C7H12O3.CH2O2/c1-13(2)7-9-21-15(20)18-8-6-14(3)10-16(4,5)11-17-12-19;1-6(2)7(8)10-5-4-9-3;2-1-3/h12,14H,1,6-11H2,2-5H3,(H,17,19)(H,18,20);1,4-5H2,2-3H3;1H,(H,2,3). The van der Waals surface area contributed by atoms with Crippen molar-refractivity contribution in [3.63, 3.8) is 0 Å². The number of hydrogen-bond donors (Lipinski definition) is 3. The molecule has 0 aromatic heterocycles. The number of carboxylic acid groups (broad SMARTS) is 1. The van der Waals surface area contributed by atoms with Crippen LogP contribution in [0, 0.1) is 11.3 Å². The summed E-state index contributed by atoms with van der Waals surface area (Å²) in [4.78, 5) is 40.8. The lowest BCUT2D eigenvalue weighted by Gasteiger charge is -2.27. The third-order valence-corrected chi connectivity index (χ3v) is 4.10. The van der Waals surface area contributed by atoms with Crippen molar-refractivity contribution in [2.24, 2.45) is 11.3 Å². The number of hydrogen-bond acceptors (Lipinski definition) is 7. The molecule has 3 N–H and O–H groups in total. The predicted octanol–water partition coefficient (Wildman–Crippen LogP) is 3.32. The maximum absolute atomic E-state index is 11.4. The van der Waals surface area contributed by atoms with Gasteiger partial charge in [-0.25, -0.2) is 9.59 Å². The Balaban J connectivity index is -0.000000613. The number of ether oxygens (including phenoxy) is 3. The molecule has 0 saturated heterocycles. The molecule has 0 radical (unpaired) electrons. The molecule has 0 aromatic rings. The average Bonchev–Trinajstić information content (AvgIpc) is 2.72. The molecule has 10 nitrogen and oxygen atoms in total. The van der Waals surface area contributed by atoms with E-state index in [2.05, 4.69) is 54.0 Å². The minimum absolute atomic E-state index is 0.0579. The lowest BCUT2D eigenvalue weighted by atomic mass is 9.82. The van der Waals surface area contributed by atoms with Crippen LogP contribution in [0.5, 0.6) is 0 Å². The van der Waals surface area contributed by atoms with E-state index in [1.54, 1.807) is 14.0 Å². The van der Waals surface area contributed by atoms with E-state index in [4.69, 9.17) is 14.6 Å². The first-order chi connectivity index (χ1) is 15.9. The third-order valence-electron chi connectivity index (χ3n) is 4.10. The molecule has 0 bridgehead atoms. The van der Waals surface area contributed by atoms with Gasteiger partial charge in [0.1, 0.15) is 6.61 Å². The predicted molar refractivity (Wildman–Crippen MR) is 131 cm³/mol. The van der Waals surface area contributed by atoms with Gasteiger partial charge in [-0.05, 0) is 38.0 Å². The lowest BCUT2D eigenvalue weighted by molar-refractivity contribution is -0.140. The van der Waals surface area contributed by atoms with Crippen LogP contribution in [0.2, 0.25) is 0 Å². The molecule has 198 valence electrons.